The van der Waals surface area contributed by atoms with Gasteiger partial charge in [0.2, 0.25) is 0 Å². The van der Waals surface area contributed by atoms with Gasteiger partial charge in [-0.2, -0.15) is 0 Å². The number of ether oxygens (including phenoxy) is 1. The molecule has 18 heavy (non-hydrogen) atoms. The monoisotopic (exact) mass is 245 g/mol. The summed E-state index contributed by atoms with van der Waals surface area (Å²) >= 11 is 0. The van der Waals surface area contributed by atoms with Crippen LogP contribution in [0.3, 0.4) is 0 Å². The molecule has 2 aliphatic rings. The Hall–Kier alpha value is -0.860. The maximum Gasteiger partial charge on any atom is 0.0954 e. The van der Waals surface area contributed by atoms with Gasteiger partial charge in [-0.05, 0) is 23.8 Å². The van der Waals surface area contributed by atoms with Crippen LogP contribution in [0.1, 0.15) is 44.8 Å². The molecule has 0 radical (unpaired) electrons. The van der Waals surface area contributed by atoms with Crippen molar-refractivity contribution in [2.75, 3.05) is 6.54 Å². The summed E-state index contributed by atoms with van der Waals surface area (Å²) in [4.78, 5) is 0. The molecule has 1 N–H and O–H groups in total. The predicted molar refractivity (Wildman–Crippen MR) is 73.5 cm³/mol. The lowest BCUT2D eigenvalue weighted by molar-refractivity contribution is -0.135. The van der Waals surface area contributed by atoms with E-state index in [-0.39, 0.29) is 6.10 Å². The van der Waals surface area contributed by atoms with Crippen molar-refractivity contribution in [1.29, 1.82) is 0 Å². The van der Waals surface area contributed by atoms with Crippen LogP contribution in [0.2, 0.25) is 0 Å². The summed E-state index contributed by atoms with van der Waals surface area (Å²) in [5, 5.41) is 3.70. The highest BCUT2D eigenvalue weighted by Crippen LogP contribution is 2.41. The zero-order chi connectivity index (χ0) is 12.6. The van der Waals surface area contributed by atoms with Crippen LogP contribution in [0.4, 0.5) is 0 Å². The molecule has 1 aromatic carbocycles. The fourth-order valence-corrected chi connectivity index (χ4v) is 3.45. The Bertz CT molecular complexity index is 401. The average Bonchev–Trinajstić information content (AvgIpc) is 2.39. The Morgan fingerprint density at radius 3 is 2.78 bits per heavy atom. The Labute approximate surface area is 110 Å². The van der Waals surface area contributed by atoms with Crippen molar-refractivity contribution in [3.63, 3.8) is 0 Å². The normalized spacial score (nSPS) is 34.9. The van der Waals surface area contributed by atoms with Gasteiger partial charge in [0.1, 0.15) is 0 Å². The molecule has 1 saturated heterocycles. The van der Waals surface area contributed by atoms with E-state index >= 15 is 0 Å². The molecule has 3 atom stereocenters. The average molecular weight is 245 g/mol. The van der Waals surface area contributed by atoms with Crippen LogP contribution in [0, 0.1) is 5.41 Å². The molecule has 1 aromatic rings. The third-order valence-corrected chi connectivity index (χ3v) is 4.52. The first-order valence-electron chi connectivity index (χ1n) is 7.11. The van der Waals surface area contributed by atoms with E-state index in [0.29, 0.717) is 17.6 Å². The number of hydrogen-bond donors (Lipinski definition) is 1. The van der Waals surface area contributed by atoms with E-state index in [4.69, 9.17) is 4.74 Å². The molecular formula is C16H23NO. The smallest absolute Gasteiger partial charge is 0.0954 e. The molecule has 3 rings (SSSR count). The van der Waals surface area contributed by atoms with E-state index in [1.54, 1.807) is 0 Å². The summed E-state index contributed by atoms with van der Waals surface area (Å²) in [7, 11) is 0. The molecule has 3 unspecified atom stereocenters. The third-order valence-electron chi connectivity index (χ3n) is 4.52. The summed E-state index contributed by atoms with van der Waals surface area (Å²) < 4.78 is 6.43. The topological polar surface area (TPSA) is 21.3 Å². The van der Waals surface area contributed by atoms with E-state index < -0.39 is 0 Å². The molecule has 1 aliphatic heterocycles. The van der Waals surface area contributed by atoms with Crippen molar-refractivity contribution < 1.29 is 4.74 Å². The molecule has 0 amide bonds. The summed E-state index contributed by atoms with van der Waals surface area (Å²) in [6.07, 6.45) is 4.42. The Balaban J connectivity index is 1.79. The molecule has 2 heteroatoms. The van der Waals surface area contributed by atoms with E-state index in [1.165, 1.54) is 24.8 Å². The van der Waals surface area contributed by atoms with Crippen LogP contribution in [-0.4, -0.2) is 18.7 Å². The number of rotatable bonds is 1. The highest BCUT2D eigenvalue weighted by molar-refractivity contribution is 5.19. The molecular weight excluding hydrogens is 222 g/mol. The third kappa shape index (κ3) is 2.19. The van der Waals surface area contributed by atoms with E-state index in [9.17, 15) is 0 Å². The van der Waals surface area contributed by atoms with E-state index in [0.717, 1.165) is 6.54 Å². The molecule has 2 fully saturated rings. The molecule has 0 bridgehead atoms. The maximum atomic E-state index is 6.43. The predicted octanol–water partition coefficient (Wildman–Crippen LogP) is 3.29. The zero-order valence-corrected chi connectivity index (χ0v) is 11.4. The molecule has 1 aliphatic carbocycles. The quantitative estimate of drug-likeness (QED) is 0.819. The van der Waals surface area contributed by atoms with E-state index in [1.807, 2.05) is 0 Å². The number of hydrogen-bond acceptors (Lipinski definition) is 2. The maximum absolute atomic E-state index is 6.43. The van der Waals surface area contributed by atoms with Crippen LogP contribution in [0.15, 0.2) is 30.3 Å². The molecule has 1 saturated carbocycles. The first-order chi connectivity index (χ1) is 8.67. The van der Waals surface area contributed by atoms with Gasteiger partial charge in [0, 0.05) is 12.6 Å². The Morgan fingerprint density at radius 2 is 2.00 bits per heavy atom. The molecule has 0 spiro atoms. The Kier molecular flexibility index (Phi) is 3.16. The summed E-state index contributed by atoms with van der Waals surface area (Å²) in [6, 6.07) is 11.1. The van der Waals surface area contributed by atoms with Gasteiger partial charge in [0.25, 0.3) is 0 Å². The highest BCUT2D eigenvalue weighted by Gasteiger charge is 2.43. The van der Waals surface area contributed by atoms with Crippen molar-refractivity contribution in [3.8, 4) is 0 Å². The van der Waals surface area contributed by atoms with Crippen molar-refractivity contribution >= 4 is 0 Å². The molecule has 0 aromatic heterocycles. The SMILES string of the molecule is CC1(C)CCCC2NCC(c3ccccc3)OC21. The van der Waals surface area contributed by atoms with Crippen molar-refractivity contribution in [2.24, 2.45) is 5.41 Å². The summed E-state index contributed by atoms with van der Waals surface area (Å²) in [5.41, 5.74) is 1.59. The van der Waals surface area contributed by atoms with Gasteiger partial charge in [-0.1, -0.05) is 50.6 Å². The number of morpholine rings is 1. The van der Waals surface area contributed by atoms with E-state index in [2.05, 4.69) is 49.5 Å². The minimum Gasteiger partial charge on any atom is -0.367 e. The van der Waals surface area contributed by atoms with Gasteiger partial charge in [-0.25, -0.2) is 0 Å². The molecule has 2 nitrogen and oxygen atoms in total. The van der Waals surface area contributed by atoms with Crippen LogP contribution in [0.25, 0.3) is 0 Å². The van der Waals surface area contributed by atoms with Gasteiger partial charge in [-0.15, -0.1) is 0 Å². The molecule has 1 heterocycles. The van der Waals surface area contributed by atoms with Crippen LogP contribution in [-0.2, 0) is 4.74 Å². The van der Waals surface area contributed by atoms with Gasteiger partial charge in [0.05, 0.1) is 12.2 Å². The minimum atomic E-state index is 0.213. The van der Waals surface area contributed by atoms with Gasteiger partial charge in [0.15, 0.2) is 0 Å². The van der Waals surface area contributed by atoms with Gasteiger partial charge in [-0.3, -0.25) is 0 Å². The first kappa shape index (κ1) is 12.2. The summed E-state index contributed by atoms with van der Waals surface area (Å²) in [5.74, 6) is 0. The Morgan fingerprint density at radius 1 is 1.22 bits per heavy atom. The van der Waals surface area contributed by atoms with Crippen LogP contribution in [0.5, 0.6) is 0 Å². The lowest BCUT2D eigenvalue weighted by Gasteiger charge is -2.49. The van der Waals surface area contributed by atoms with Crippen molar-refractivity contribution in [3.05, 3.63) is 35.9 Å². The highest BCUT2D eigenvalue weighted by atomic mass is 16.5. The van der Waals surface area contributed by atoms with Gasteiger partial charge < -0.3 is 10.1 Å². The second-order valence-electron chi connectivity index (χ2n) is 6.35. The minimum absolute atomic E-state index is 0.213. The lowest BCUT2D eigenvalue weighted by atomic mass is 9.71. The second-order valence-corrected chi connectivity index (χ2v) is 6.35. The number of fused-ring (bicyclic) bond motifs is 1. The lowest BCUT2D eigenvalue weighted by Crippen LogP contribution is -2.57. The first-order valence-corrected chi connectivity index (χ1v) is 7.11. The van der Waals surface area contributed by atoms with Crippen molar-refractivity contribution in [2.45, 2.75) is 51.4 Å². The standard InChI is InChI=1S/C16H23NO/c1-16(2)10-6-9-13-15(16)18-14(11-17-13)12-7-4-3-5-8-12/h3-5,7-8,13-15,17H,6,9-11H2,1-2H3. The largest absolute Gasteiger partial charge is 0.367 e. The zero-order valence-electron chi connectivity index (χ0n) is 11.4. The van der Waals surface area contributed by atoms with Crippen LogP contribution >= 0.6 is 0 Å². The fourth-order valence-electron chi connectivity index (χ4n) is 3.45. The van der Waals surface area contributed by atoms with Crippen molar-refractivity contribution in [1.82, 2.24) is 5.32 Å². The molecule has 98 valence electrons. The van der Waals surface area contributed by atoms with Gasteiger partial charge >= 0.3 is 0 Å². The van der Waals surface area contributed by atoms with Crippen LogP contribution < -0.4 is 5.32 Å². The number of nitrogens with one attached hydrogen (secondary N) is 1. The summed E-state index contributed by atoms with van der Waals surface area (Å²) in [6.45, 7) is 5.64. The second kappa shape index (κ2) is 4.67. The number of benzene rings is 1. The fraction of sp³-hybridized carbons (Fsp3) is 0.625.